The third-order valence-corrected chi connectivity index (χ3v) is 5.03. The molecular formula is C16H15Cl2N3OS. The smallest absolute Gasteiger partial charge is 0.200 e. The van der Waals surface area contributed by atoms with E-state index in [0.29, 0.717) is 10.0 Å². The molecule has 23 heavy (non-hydrogen) atoms. The van der Waals surface area contributed by atoms with Crippen molar-refractivity contribution in [3.8, 4) is 11.6 Å². The lowest BCUT2D eigenvalue weighted by atomic mass is 10.2. The van der Waals surface area contributed by atoms with Crippen LogP contribution >= 0.6 is 35.0 Å². The molecule has 0 aliphatic heterocycles. The monoisotopic (exact) mass is 367 g/mol. The quantitative estimate of drug-likeness (QED) is 0.535. The van der Waals surface area contributed by atoms with Gasteiger partial charge in [0.15, 0.2) is 16.7 Å². The Hall–Kier alpha value is -1.43. The van der Waals surface area contributed by atoms with Crippen LogP contribution in [0.4, 0.5) is 0 Å². The molecule has 0 amide bonds. The number of thioether (sulfide) groups is 1. The second-order valence-corrected chi connectivity index (χ2v) is 6.73. The molecule has 0 saturated heterocycles. The molecule has 0 aliphatic rings. The number of halogens is 2. The molecule has 3 aromatic rings. The number of hydrogen-bond donors (Lipinski definition) is 0. The summed E-state index contributed by atoms with van der Waals surface area (Å²) in [5.41, 5.74) is 1.09. The molecule has 2 heterocycles. The SMILES string of the molecule is CCCn1c(SCc2ccc(Cl)c(Cl)c2)nnc1-c1ccco1. The summed E-state index contributed by atoms with van der Waals surface area (Å²) in [6.45, 7) is 2.96. The molecule has 2 aromatic heterocycles. The van der Waals surface area contributed by atoms with Crippen molar-refractivity contribution in [1.82, 2.24) is 14.8 Å². The summed E-state index contributed by atoms with van der Waals surface area (Å²) >= 11 is 13.6. The Labute approximate surface area is 148 Å². The molecule has 0 saturated carbocycles. The van der Waals surface area contributed by atoms with Crippen molar-refractivity contribution in [3.05, 3.63) is 52.2 Å². The van der Waals surface area contributed by atoms with Gasteiger partial charge < -0.3 is 4.42 Å². The Morgan fingerprint density at radius 1 is 1.17 bits per heavy atom. The Bertz CT molecular complexity index is 787. The van der Waals surface area contributed by atoms with Crippen molar-refractivity contribution < 1.29 is 4.42 Å². The standard InChI is InChI=1S/C16H15Cl2N3OS/c1-2-7-21-15(14-4-3-8-22-14)19-20-16(21)23-10-11-5-6-12(17)13(18)9-11/h3-6,8-9H,2,7,10H2,1H3. The minimum absolute atomic E-state index is 0.565. The largest absolute Gasteiger partial charge is 0.461 e. The van der Waals surface area contributed by atoms with E-state index in [9.17, 15) is 0 Å². The highest BCUT2D eigenvalue weighted by Gasteiger charge is 2.15. The molecule has 0 aliphatic carbocycles. The van der Waals surface area contributed by atoms with Crippen molar-refractivity contribution in [2.75, 3.05) is 0 Å². The number of hydrogen-bond acceptors (Lipinski definition) is 4. The van der Waals surface area contributed by atoms with E-state index in [1.807, 2.05) is 30.3 Å². The highest BCUT2D eigenvalue weighted by molar-refractivity contribution is 7.98. The maximum absolute atomic E-state index is 6.06. The first kappa shape index (κ1) is 16.4. The third kappa shape index (κ3) is 3.74. The van der Waals surface area contributed by atoms with Crippen LogP contribution in [0.15, 0.2) is 46.2 Å². The van der Waals surface area contributed by atoms with E-state index >= 15 is 0 Å². The summed E-state index contributed by atoms with van der Waals surface area (Å²) in [6, 6.07) is 9.40. The first-order valence-electron chi connectivity index (χ1n) is 7.23. The van der Waals surface area contributed by atoms with E-state index in [1.54, 1.807) is 18.0 Å². The summed E-state index contributed by atoms with van der Waals surface area (Å²) < 4.78 is 7.53. The van der Waals surface area contributed by atoms with Crippen LogP contribution in [0, 0.1) is 0 Å². The molecule has 120 valence electrons. The second kappa shape index (κ2) is 7.43. The van der Waals surface area contributed by atoms with E-state index in [-0.39, 0.29) is 0 Å². The van der Waals surface area contributed by atoms with Crippen LogP contribution in [0.25, 0.3) is 11.6 Å². The van der Waals surface area contributed by atoms with E-state index in [4.69, 9.17) is 27.6 Å². The Morgan fingerprint density at radius 2 is 2.04 bits per heavy atom. The maximum atomic E-state index is 6.06. The van der Waals surface area contributed by atoms with Crippen molar-refractivity contribution in [2.24, 2.45) is 0 Å². The lowest BCUT2D eigenvalue weighted by Crippen LogP contribution is -2.01. The maximum Gasteiger partial charge on any atom is 0.200 e. The van der Waals surface area contributed by atoms with Crippen LogP contribution in [-0.4, -0.2) is 14.8 Å². The molecule has 3 rings (SSSR count). The summed E-state index contributed by atoms with van der Waals surface area (Å²) in [6.07, 6.45) is 2.63. The Kier molecular flexibility index (Phi) is 5.30. The number of rotatable bonds is 6. The predicted octanol–water partition coefficient (Wildman–Crippen LogP) is 5.55. The fourth-order valence-corrected chi connectivity index (χ4v) is 3.41. The minimum Gasteiger partial charge on any atom is -0.461 e. The van der Waals surface area contributed by atoms with Crippen LogP contribution in [0.1, 0.15) is 18.9 Å². The number of aromatic nitrogens is 3. The van der Waals surface area contributed by atoms with Gasteiger partial charge in [0.2, 0.25) is 0 Å². The van der Waals surface area contributed by atoms with Crippen molar-refractivity contribution in [2.45, 2.75) is 30.8 Å². The summed E-state index contributed by atoms with van der Waals surface area (Å²) in [7, 11) is 0. The summed E-state index contributed by atoms with van der Waals surface area (Å²) in [5.74, 6) is 2.23. The van der Waals surface area contributed by atoms with Gasteiger partial charge in [0.25, 0.3) is 0 Å². The van der Waals surface area contributed by atoms with Gasteiger partial charge in [0, 0.05) is 12.3 Å². The zero-order valence-corrected chi connectivity index (χ0v) is 14.8. The molecule has 0 fully saturated rings. The first-order chi connectivity index (χ1) is 11.2. The molecule has 4 nitrogen and oxygen atoms in total. The average Bonchev–Trinajstić information content (AvgIpc) is 3.18. The van der Waals surface area contributed by atoms with Gasteiger partial charge in [-0.1, -0.05) is 48.0 Å². The van der Waals surface area contributed by atoms with Gasteiger partial charge in [-0.2, -0.15) is 0 Å². The van der Waals surface area contributed by atoms with E-state index in [1.165, 1.54) is 0 Å². The van der Waals surface area contributed by atoms with Gasteiger partial charge in [-0.05, 0) is 36.2 Å². The molecule has 0 spiro atoms. The highest BCUT2D eigenvalue weighted by atomic mass is 35.5. The minimum atomic E-state index is 0.565. The molecule has 7 heteroatoms. The van der Waals surface area contributed by atoms with Crippen LogP contribution in [0.5, 0.6) is 0 Å². The third-order valence-electron chi connectivity index (χ3n) is 3.26. The zero-order valence-electron chi connectivity index (χ0n) is 12.5. The first-order valence-corrected chi connectivity index (χ1v) is 8.97. The summed E-state index contributed by atoms with van der Waals surface area (Å²) in [4.78, 5) is 0. The number of furan rings is 1. The molecule has 0 N–H and O–H groups in total. The normalized spacial score (nSPS) is 11.1. The van der Waals surface area contributed by atoms with Gasteiger partial charge in [-0.3, -0.25) is 4.57 Å². The van der Waals surface area contributed by atoms with Gasteiger partial charge in [-0.25, -0.2) is 0 Å². The van der Waals surface area contributed by atoms with Crippen LogP contribution in [-0.2, 0) is 12.3 Å². The fourth-order valence-electron chi connectivity index (χ4n) is 2.19. The number of benzene rings is 1. The van der Waals surface area contributed by atoms with Crippen molar-refractivity contribution >= 4 is 35.0 Å². The fraction of sp³-hybridized carbons (Fsp3) is 0.250. The van der Waals surface area contributed by atoms with Crippen LogP contribution in [0.2, 0.25) is 10.0 Å². The van der Waals surface area contributed by atoms with Gasteiger partial charge in [0.05, 0.1) is 16.3 Å². The molecule has 0 atom stereocenters. The highest BCUT2D eigenvalue weighted by Crippen LogP contribution is 2.29. The molecular weight excluding hydrogens is 353 g/mol. The number of nitrogens with zero attached hydrogens (tertiary/aromatic N) is 3. The molecule has 0 unspecified atom stereocenters. The van der Waals surface area contributed by atoms with Gasteiger partial charge in [-0.15, -0.1) is 10.2 Å². The summed E-state index contributed by atoms with van der Waals surface area (Å²) in [5, 5.41) is 10.6. The Morgan fingerprint density at radius 3 is 2.74 bits per heavy atom. The molecule has 0 bridgehead atoms. The zero-order chi connectivity index (χ0) is 16.2. The van der Waals surface area contributed by atoms with Gasteiger partial charge in [0.1, 0.15) is 0 Å². The molecule has 0 radical (unpaired) electrons. The molecule has 1 aromatic carbocycles. The second-order valence-electron chi connectivity index (χ2n) is 4.97. The lowest BCUT2D eigenvalue weighted by Gasteiger charge is -2.08. The predicted molar refractivity (Wildman–Crippen MR) is 94.0 cm³/mol. The van der Waals surface area contributed by atoms with Crippen molar-refractivity contribution in [3.63, 3.8) is 0 Å². The van der Waals surface area contributed by atoms with Crippen LogP contribution < -0.4 is 0 Å². The van der Waals surface area contributed by atoms with E-state index in [0.717, 1.165) is 41.0 Å². The lowest BCUT2D eigenvalue weighted by molar-refractivity contribution is 0.559. The van der Waals surface area contributed by atoms with Crippen molar-refractivity contribution in [1.29, 1.82) is 0 Å². The van der Waals surface area contributed by atoms with E-state index in [2.05, 4.69) is 21.7 Å². The average molecular weight is 368 g/mol. The topological polar surface area (TPSA) is 43.9 Å². The van der Waals surface area contributed by atoms with Crippen LogP contribution in [0.3, 0.4) is 0 Å². The van der Waals surface area contributed by atoms with E-state index < -0.39 is 0 Å². The Balaban J connectivity index is 1.81. The van der Waals surface area contributed by atoms with Gasteiger partial charge >= 0.3 is 0 Å².